The van der Waals surface area contributed by atoms with E-state index in [-0.39, 0.29) is 5.91 Å². The highest BCUT2D eigenvalue weighted by Crippen LogP contribution is 2.35. The molecule has 0 saturated carbocycles. The van der Waals surface area contributed by atoms with E-state index in [0.717, 1.165) is 11.3 Å². The van der Waals surface area contributed by atoms with Crippen LogP contribution >= 0.6 is 47.2 Å². The van der Waals surface area contributed by atoms with Crippen molar-refractivity contribution in [3.8, 4) is 11.3 Å². The Bertz CT molecular complexity index is 1100. The van der Waals surface area contributed by atoms with Crippen molar-refractivity contribution < 1.29 is 9.21 Å². The number of benzene rings is 1. The molecule has 3 aromatic rings. The van der Waals surface area contributed by atoms with Crippen LogP contribution in [-0.2, 0) is 11.3 Å². The lowest BCUT2D eigenvalue weighted by Crippen LogP contribution is -2.27. The van der Waals surface area contributed by atoms with Crippen LogP contribution in [0, 0.1) is 0 Å². The lowest BCUT2D eigenvalue weighted by atomic mass is 10.2. The average Bonchev–Trinajstić information content (AvgIpc) is 3.23. The maximum absolute atomic E-state index is 12.7. The van der Waals surface area contributed by atoms with Crippen molar-refractivity contribution >= 4 is 63.5 Å². The number of carbonyl (C=O) groups excluding carboxylic acids is 1. The first-order valence-electron chi connectivity index (χ1n) is 8.22. The highest BCUT2D eigenvalue weighted by molar-refractivity contribution is 8.26. The summed E-state index contributed by atoms with van der Waals surface area (Å²) in [6.07, 6.45) is 3.38. The molecule has 1 saturated heterocycles. The number of rotatable bonds is 4. The Kier molecular flexibility index (Phi) is 5.55. The molecule has 8 heteroatoms. The maximum atomic E-state index is 12.7. The predicted octanol–water partition coefficient (Wildman–Crippen LogP) is 6.05. The minimum Gasteiger partial charge on any atom is -0.457 e. The first-order valence-corrected chi connectivity index (χ1v) is 10.2. The minimum absolute atomic E-state index is 0.164. The van der Waals surface area contributed by atoms with E-state index in [9.17, 15) is 4.79 Å². The summed E-state index contributed by atoms with van der Waals surface area (Å²) in [7, 11) is 0. The average molecular weight is 447 g/mol. The van der Waals surface area contributed by atoms with E-state index in [2.05, 4.69) is 4.98 Å². The van der Waals surface area contributed by atoms with Crippen LogP contribution in [0.5, 0.6) is 0 Å². The van der Waals surface area contributed by atoms with Gasteiger partial charge < -0.3 is 4.42 Å². The van der Waals surface area contributed by atoms with Gasteiger partial charge in [-0.3, -0.25) is 14.7 Å². The molecule has 0 unspecified atom stereocenters. The summed E-state index contributed by atoms with van der Waals surface area (Å²) in [6, 6.07) is 14.3. The molecule has 1 fully saturated rings. The quantitative estimate of drug-likeness (QED) is 0.360. The molecule has 1 aliphatic rings. The Morgan fingerprint density at radius 1 is 1.18 bits per heavy atom. The van der Waals surface area contributed by atoms with Crippen molar-refractivity contribution in [2.24, 2.45) is 0 Å². The Morgan fingerprint density at radius 3 is 2.79 bits per heavy atom. The summed E-state index contributed by atoms with van der Waals surface area (Å²) in [5, 5.41) is 1.05. The number of hydrogen-bond acceptors (Lipinski definition) is 5. The van der Waals surface area contributed by atoms with Crippen LogP contribution in [0.4, 0.5) is 0 Å². The van der Waals surface area contributed by atoms with Crippen LogP contribution in [0.15, 0.2) is 64.1 Å². The molecule has 28 heavy (non-hydrogen) atoms. The number of furan rings is 1. The van der Waals surface area contributed by atoms with Gasteiger partial charge in [0, 0.05) is 22.9 Å². The Morgan fingerprint density at radius 2 is 2.04 bits per heavy atom. The lowest BCUT2D eigenvalue weighted by molar-refractivity contribution is -0.122. The van der Waals surface area contributed by atoms with E-state index in [4.69, 9.17) is 39.8 Å². The summed E-state index contributed by atoms with van der Waals surface area (Å²) >= 11 is 18.8. The van der Waals surface area contributed by atoms with Gasteiger partial charge in [0.25, 0.3) is 5.91 Å². The van der Waals surface area contributed by atoms with Gasteiger partial charge >= 0.3 is 0 Å². The summed E-state index contributed by atoms with van der Waals surface area (Å²) < 4.78 is 6.34. The zero-order valence-corrected chi connectivity index (χ0v) is 17.4. The van der Waals surface area contributed by atoms with Crippen LogP contribution in [0.3, 0.4) is 0 Å². The normalized spacial score (nSPS) is 15.6. The monoisotopic (exact) mass is 446 g/mol. The summed E-state index contributed by atoms with van der Waals surface area (Å²) in [4.78, 5) is 19.0. The molecular formula is C20H12Cl2N2O2S2. The van der Waals surface area contributed by atoms with Gasteiger partial charge in [-0.15, -0.1) is 0 Å². The smallest absolute Gasteiger partial charge is 0.266 e. The highest BCUT2D eigenvalue weighted by atomic mass is 35.5. The SMILES string of the molecule is O=C1/C(=C/c2ccc(-c3ccc(Cl)cc3Cl)o2)SC(=S)N1Cc1ccccn1. The molecule has 3 heterocycles. The topological polar surface area (TPSA) is 46.3 Å². The number of nitrogens with zero attached hydrogens (tertiary/aromatic N) is 2. The minimum atomic E-state index is -0.164. The first-order chi connectivity index (χ1) is 13.5. The highest BCUT2D eigenvalue weighted by Gasteiger charge is 2.32. The largest absolute Gasteiger partial charge is 0.457 e. The first kappa shape index (κ1) is 19.2. The molecule has 4 nitrogen and oxygen atoms in total. The van der Waals surface area contributed by atoms with Gasteiger partial charge in [-0.2, -0.15) is 0 Å². The van der Waals surface area contributed by atoms with Gasteiger partial charge in [0.1, 0.15) is 15.8 Å². The van der Waals surface area contributed by atoms with E-state index < -0.39 is 0 Å². The van der Waals surface area contributed by atoms with Crippen LogP contribution in [-0.4, -0.2) is 20.1 Å². The third kappa shape index (κ3) is 4.00. The second kappa shape index (κ2) is 8.09. The van der Waals surface area contributed by atoms with E-state index >= 15 is 0 Å². The van der Waals surface area contributed by atoms with Crippen molar-refractivity contribution in [1.82, 2.24) is 9.88 Å². The molecular weight excluding hydrogens is 435 g/mol. The number of thioether (sulfide) groups is 1. The molecule has 0 radical (unpaired) electrons. The van der Waals surface area contributed by atoms with Crippen molar-refractivity contribution in [1.29, 1.82) is 0 Å². The van der Waals surface area contributed by atoms with Crippen molar-refractivity contribution in [3.05, 3.63) is 81.1 Å². The molecule has 2 aromatic heterocycles. The standard InChI is InChI=1S/C20H12Cl2N2O2S2/c21-12-4-6-15(16(22)9-12)17-7-5-14(26-17)10-18-19(25)24(20(27)28-18)11-13-3-1-2-8-23-13/h1-10H,11H2/b18-10-. The van der Waals surface area contributed by atoms with Crippen LogP contribution in [0.2, 0.25) is 10.0 Å². The van der Waals surface area contributed by atoms with Gasteiger partial charge in [0.15, 0.2) is 0 Å². The second-order valence-corrected chi connectivity index (χ2v) is 8.43. The van der Waals surface area contributed by atoms with Gasteiger partial charge in [-0.1, -0.05) is 53.2 Å². The Balaban J connectivity index is 1.56. The van der Waals surface area contributed by atoms with Gasteiger partial charge in [-0.25, -0.2) is 0 Å². The molecule has 0 bridgehead atoms. The van der Waals surface area contributed by atoms with Crippen LogP contribution in [0.25, 0.3) is 17.4 Å². The number of thiocarbonyl (C=S) groups is 1. The van der Waals surface area contributed by atoms with Gasteiger partial charge in [-0.05, 0) is 42.5 Å². The summed E-state index contributed by atoms with van der Waals surface area (Å²) in [5.41, 5.74) is 1.51. The Hall–Kier alpha value is -2.12. The fourth-order valence-corrected chi connectivity index (χ4v) is 4.42. The Labute approximate surface area is 181 Å². The zero-order valence-electron chi connectivity index (χ0n) is 14.3. The van der Waals surface area contributed by atoms with Crippen LogP contribution < -0.4 is 0 Å². The molecule has 1 aliphatic heterocycles. The van der Waals surface area contributed by atoms with Crippen molar-refractivity contribution in [2.45, 2.75) is 6.54 Å². The molecule has 0 atom stereocenters. The van der Waals surface area contributed by atoms with Gasteiger partial charge in [0.05, 0.1) is 22.2 Å². The predicted molar refractivity (Wildman–Crippen MR) is 117 cm³/mol. The zero-order chi connectivity index (χ0) is 19.7. The maximum Gasteiger partial charge on any atom is 0.266 e. The van der Waals surface area contributed by atoms with Crippen molar-refractivity contribution in [3.63, 3.8) is 0 Å². The molecule has 0 aliphatic carbocycles. The number of carbonyl (C=O) groups is 1. The van der Waals surface area contributed by atoms with E-state index in [0.29, 0.717) is 37.3 Å². The van der Waals surface area contributed by atoms with E-state index in [1.807, 2.05) is 18.2 Å². The summed E-state index contributed by atoms with van der Waals surface area (Å²) in [6.45, 7) is 0.340. The third-order valence-electron chi connectivity index (χ3n) is 4.02. The van der Waals surface area contributed by atoms with E-state index in [1.54, 1.807) is 42.6 Å². The summed E-state index contributed by atoms with van der Waals surface area (Å²) in [5.74, 6) is 0.972. The third-order valence-corrected chi connectivity index (χ3v) is 5.94. The fourth-order valence-electron chi connectivity index (χ4n) is 2.68. The molecule has 1 aromatic carbocycles. The van der Waals surface area contributed by atoms with Crippen molar-refractivity contribution in [2.75, 3.05) is 0 Å². The number of aromatic nitrogens is 1. The van der Waals surface area contributed by atoms with E-state index in [1.165, 1.54) is 16.7 Å². The number of hydrogen-bond donors (Lipinski definition) is 0. The fraction of sp³-hybridized carbons (Fsp3) is 0.0500. The lowest BCUT2D eigenvalue weighted by Gasteiger charge is -2.13. The molecule has 1 amide bonds. The second-order valence-electron chi connectivity index (χ2n) is 5.92. The molecule has 0 N–H and O–H groups in total. The van der Waals surface area contributed by atoms with Gasteiger partial charge in [0.2, 0.25) is 0 Å². The molecule has 140 valence electrons. The molecule has 4 rings (SSSR count). The number of pyridine rings is 1. The number of halogens is 2. The number of amides is 1. The molecule has 0 spiro atoms. The van der Waals surface area contributed by atoms with Crippen LogP contribution in [0.1, 0.15) is 11.5 Å².